The zero-order valence-corrected chi connectivity index (χ0v) is 16.4. The number of piperazine rings is 1. The van der Waals surface area contributed by atoms with Gasteiger partial charge in [-0.3, -0.25) is 4.79 Å². The van der Waals surface area contributed by atoms with Crippen LogP contribution in [0.25, 0.3) is 0 Å². The van der Waals surface area contributed by atoms with Crippen LogP contribution in [0.1, 0.15) is 29.6 Å². The van der Waals surface area contributed by atoms with Crippen LogP contribution < -0.4 is 14.5 Å². The molecule has 0 aliphatic carbocycles. The Morgan fingerprint density at radius 3 is 2.11 bits per heavy atom. The fourth-order valence-electron chi connectivity index (χ4n) is 3.86. The molecule has 1 amide bonds. The minimum absolute atomic E-state index is 0.0464. The predicted octanol–water partition coefficient (Wildman–Crippen LogP) is 2.44. The number of hydrogen-bond acceptors (Lipinski definition) is 6. The van der Waals surface area contributed by atoms with Gasteiger partial charge in [0.05, 0.1) is 7.11 Å². The average molecular weight is 381 g/mol. The lowest BCUT2D eigenvalue weighted by molar-refractivity contribution is 0.0746. The molecule has 0 saturated carbocycles. The minimum atomic E-state index is 0.0464. The molecule has 1 aromatic carbocycles. The number of carbonyl (C=O) groups excluding carboxylic acids is 1. The molecule has 2 aromatic rings. The Kier molecular flexibility index (Phi) is 5.60. The zero-order valence-electron chi connectivity index (χ0n) is 16.4. The standard InChI is InChI=1S/C21H27N5O2/c1-28-18-7-5-6-17(16-18)21(27)26-14-12-25(13-15-26)20-9-8-19(22-23-20)24-10-3-2-4-11-24/h5-9,16H,2-4,10-15H2,1H3. The van der Waals surface area contributed by atoms with E-state index in [0.29, 0.717) is 24.4 Å². The Labute approximate surface area is 165 Å². The molecule has 7 nitrogen and oxygen atoms in total. The van der Waals surface area contributed by atoms with Gasteiger partial charge in [-0.15, -0.1) is 10.2 Å². The van der Waals surface area contributed by atoms with Crippen LogP contribution in [0.3, 0.4) is 0 Å². The van der Waals surface area contributed by atoms with Crippen molar-refractivity contribution in [3.8, 4) is 5.75 Å². The number of piperidine rings is 1. The topological polar surface area (TPSA) is 61.8 Å². The number of benzene rings is 1. The maximum Gasteiger partial charge on any atom is 0.254 e. The summed E-state index contributed by atoms with van der Waals surface area (Å²) in [5.74, 6) is 2.60. The SMILES string of the molecule is COc1cccc(C(=O)N2CCN(c3ccc(N4CCCCC4)nn3)CC2)c1. The number of amides is 1. The number of hydrogen-bond donors (Lipinski definition) is 0. The van der Waals surface area contributed by atoms with E-state index < -0.39 is 0 Å². The third-order valence-electron chi connectivity index (χ3n) is 5.52. The summed E-state index contributed by atoms with van der Waals surface area (Å²) in [5, 5.41) is 8.88. The molecule has 28 heavy (non-hydrogen) atoms. The summed E-state index contributed by atoms with van der Waals surface area (Å²) in [6.45, 7) is 5.00. The Hall–Kier alpha value is -2.83. The number of methoxy groups -OCH3 is 1. The molecule has 0 radical (unpaired) electrons. The van der Waals surface area contributed by atoms with Gasteiger partial charge in [0.25, 0.3) is 5.91 Å². The van der Waals surface area contributed by atoms with Gasteiger partial charge in [0.1, 0.15) is 5.75 Å². The average Bonchev–Trinajstić information content (AvgIpc) is 2.79. The van der Waals surface area contributed by atoms with Crippen molar-refractivity contribution in [3.63, 3.8) is 0 Å². The van der Waals surface area contributed by atoms with Crippen LogP contribution in [0.15, 0.2) is 36.4 Å². The first kappa shape index (κ1) is 18.5. The largest absolute Gasteiger partial charge is 0.497 e. The molecular formula is C21H27N5O2. The second-order valence-corrected chi connectivity index (χ2v) is 7.31. The van der Waals surface area contributed by atoms with Crippen molar-refractivity contribution in [1.29, 1.82) is 0 Å². The molecule has 1 aromatic heterocycles. The van der Waals surface area contributed by atoms with E-state index in [0.717, 1.165) is 37.8 Å². The lowest BCUT2D eigenvalue weighted by Crippen LogP contribution is -2.49. The van der Waals surface area contributed by atoms with Crippen molar-refractivity contribution in [1.82, 2.24) is 15.1 Å². The molecule has 3 heterocycles. The van der Waals surface area contributed by atoms with Crippen molar-refractivity contribution < 1.29 is 9.53 Å². The van der Waals surface area contributed by atoms with Crippen molar-refractivity contribution in [2.45, 2.75) is 19.3 Å². The molecule has 2 fully saturated rings. The number of aromatic nitrogens is 2. The highest BCUT2D eigenvalue weighted by Crippen LogP contribution is 2.21. The number of anilines is 2. The number of carbonyl (C=O) groups is 1. The van der Waals surface area contributed by atoms with Crippen molar-refractivity contribution in [2.75, 3.05) is 56.2 Å². The van der Waals surface area contributed by atoms with Gasteiger partial charge in [-0.05, 0) is 49.6 Å². The fraction of sp³-hybridized carbons (Fsp3) is 0.476. The summed E-state index contributed by atoms with van der Waals surface area (Å²) in [5.41, 5.74) is 0.665. The van der Waals surface area contributed by atoms with Gasteiger partial charge in [0, 0.05) is 44.8 Å². The van der Waals surface area contributed by atoms with E-state index in [-0.39, 0.29) is 5.91 Å². The monoisotopic (exact) mass is 381 g/mol. The molecule has 0 spiro atoms. The maximum atomic E-state index is 12.7. The molecule has 0 bridgehead atoms. The third-order valence-corrected chi connectivity index (χ3v) is 5.52. The number of ether oxygens (including phenoxy) is 1. The van der Waals surface area contributed by atoms with Crippen LogP contribution in [0.4, 0.5) is 11.6 Å². The normalized spacial score (nSPS) is 17.5. The second-order valence-electron chi connectivity index (χ2n) is 7.31. The number of rotatable bonds is 4. The van der Waals surface area contributed by atoms with Crippen LogP contribution >= 0.6 is 0 Å². The molecular weight excluding hydrogens is 354 g/mol. The Morgan fingerprint density at radius 1 is 0.857 bits per heavy atom. The van der Waals surface area contributed by atoms with Crippen LogP contribution in [-0.2, 0) is 0 Å². The van der Waals surface area contributed by atoms with Gasteiger partial charge < -0.3 is 19.4 Å². The molecule has 0 N–H and O–H groups in total. The van der Waals surface area contributed by atoms with Crippen molar-refractivity contribution >= 4 is 17.5 Å². The number of nitrogens with zero attached hydrogens (tertiary/aromatic N) is 5. The molecule has 2 saturated heterocycles. The van der Waals surface area contributed by atoms with Crippen molar-refractivity contribution in [2.24, 2.45) is 0 Å². The van der Waals surface area contributed by atoms with Crippen LogP contribution in [0.5, 0.6) is 5.75 Å². The predicted molar refractivity (Wildman–Crippen MR) is 109 cm³/mol. The summed E-state index contributed by atoms with van der Waals surface area (Å²) in [6, 6.07) is 11.4. The molecule has 2 aliphatic heterocycles. The minimum Gasteiger partial charge on any atom is -0.497 e. The van der Waals surface area contributed by atoms with Crippen LogP contribution in [-0.4, -0.2) is 67.4 Å². The molecule has 2 aliphatic rings. The first-order valence-corrected chi connectivity index (χ1v) is 10.0. The Bertz CT molecular complexity index is 797. The van der Waals surface area contributed by atoms with E-state index in [1.165, 1.54) is 19.3 Å². The van der Waals surface area contributed by atoms with E-state index in [1.54, 1.807) is 13.2 Å². The molecule has 7 heteroatoms. The van der Waals surface area contributed by atoms with E-state index >= 15 is 0 Å². The Balaban J connectivity index is 1.35. The first-order chi connectivity index (χ1) is 13.7. The molecule has 4 rings (SSSR count). The van der Waals surface area contributed by atoms with Gasteiger partial charge in [-0.1, -0.05) is 6.07 Å². The molecule has 0 unspecified atom stereocenters. The first-order valence-electron chi connectivity index (χ1n) is 10.0. The smallest absolute Gasteiger partial charge is 0.254 e. The van der Waals surface area contributed by atoms with Gasteiger partial charge >= 0.3 is 0 Å². The highest BCUT2D eigenvalue weighted by Gasteiger charge is 2.23. The van der Waals surface area contributed by atoms with Crippen molar-refractivity contribution in [3.05, 3.63) is 42.0 Å². The van der Waals surface area contributed by atoms with Gasteiger partial charge in [0.2, 0.25) is 0 Å². The summed E-state index contributed by atoms with van der Waals surface area (Å²) in [4.78, 5) is 19.1. The Morgan fingerprint density at radius 2 is 1.50 bits per heavy atom. The van der Waals surface area contributed by atoms with Gasteiger partial charge in [-0.2, -0.15) is 0 Å². The van der Waals surface area contributed by atoms with E-state index in [9.17, 15) is 4.79 Å². The molecule has 0 atom stereocenters. The van der Waals surface area contributed by atoms with E-state index in [1.807, 2.05) is 23.1 Å². The second kappa shape index (κ2) is 8.46. The van der Waals surface area contributed by atoms with E-state index in [4.69, 9.17) is 4.74 Å². The summed E-state index contributed by atoms with van der Waals surface area (Å²) < 4.78 is 5.22. The highest BCUT2D eigenvalue weighted by atomic mass is 16.5. The summed E-state index contributed by atoms with van der Waals surface area (Å²) >= 11 is 0. The maximum absolute atomic E-state index is 12.7. The third kappa shape index (κ3) is 4.03. The van der Waals surface area contributed by atoms with Gasteiger partial charge in [-0.25, -0.2) is 0 Å². The summed E-state index contributed by atoms with van der Waals surface area (Å²) in [7, 11) is 1.61. The lowest BCUT2D eigenvalue weighted by Gasteiger charge is -2.35. The van der Waals surface area contributed by atoms with Crippen LogP contribution in [0.2, 0.25) is 0 Å². The zero-order chi connectivity index (χ0) is 19.3. The fourth-order valence-corrected chi connectivity index (χ4v) is 3.86. The lowest BCUT2D eigenvalue weighted by atomic mass is 10.1. The molecule has 148 valence electrons. The quantitative estimate of drug-likeness (QED) is 0.811. The highest BCUT2D eigenvalue weighted by molar-refractivity contribution is 5.94. The van der Waals surface area contributed by atoms with E-state index in [2.05, 4.69) is 32.1 Å². The van der Waals surface area contributed by atoms with Crippen LogP contribution in [0, 0.1) is 0 Å². The van der Waals surface area contributed by atoms with Gasteiger partial charge in [0.15, 0.2) is 11.6 Å². The summed E-state index contributed by atoms with van der Waals surface area (Å²) in [6.07, 6.45) is 3.76.